The molecule has 38 heavy (non-hydrogen) atoms. The minimum Gasteiger partial charge on any atom is -0.450 e. The van der Waals surface area contributed by atoms with Crippen LogP contribution in [0, 0.1) is 17.9 Å². The van der Waals surface area contributed by atoms with Gasteiger partial charge in [-0.1, -0.05) is 22.1 Å². The highest BCUT2D eigenvalue weighted by atomic mass is 16.6. The Bertz CT molecular complexity index is 1320. The van der Waals surface area contributed by atoms with Gasteiger partial charge in [0.1, 0.15) is 0 Å². The minimum atomic E-state index is -1.28. The molecule has 7 heteroatoms. The molecule has 0 aromatic heterocycles. The number of benzene rings is 1. The van der Waals surface area contributed by atoms with E-state index in [1.165, 1.54) is 36.1 Å². The van der Waals surface area contributed by atoms with Gasteiger partial charge in [0.15, 0.2) is 11.4 Å². The summed E-state index contributed by atoms with van der Waals surface area (Å²) in [6.07, 6.45) is 6.72. The highest BCUT2D eigenvalue weighted by molar-refractivity contribution is 5.97. The van der Waals surface area contributed by atoms with Crippen molar-refractivity contribution in [1.29, 1.82) is 0 Å². The van der Waals surface area contributed by atoms with Crippen molar-refractivity contribution in [3.8, 4) is 6.57 Å². The molecule has 0 unspecified atom stereocenters. The Labute approximate surface area is 225 Å². The first kappa shape index (κ1) is 26.2. The lowest BCUT2D eigenvalue weighted by Gasteiger charge is -2.53. The van der Waals surface area contributed by atoms with Crippen LogP contribution in [0.1, 0.15) is 77.2 Å². The quantitative estimate of drug-likeness (QED) is 0.307. The van der Waals surface area contributed by atoms with E-state index in [1.54, 1.807) is 0 Å². The number of esters is 1. The average Bonchev–Trinajstić information content (AvgIpc) is 3.16. The number of carbonyl (C=O) groups is 2. The van der Waals surface area contributed by atoms with Crippen molar-refractivity contribution in [2.75, 3.05) is 19.0 Å². The number of hydrogen-bond donors (Lipinski definition) is 1. The third kappa shape index (κ3) is 3.49. The normalized spacial score (nSPS) is 34.9. The van der Waals surface area contributed by atoms with Gasteiger partial charge in [0.05, 0.1) is 17.0 Å². The number of allylic oxidation sites excluding steroid dienone is 3. The molecule has 200 valence electrons. The maximum Gasteiger partial charge on any atom is 0.303 e. The number of nitrogens with zero attached hydrogens (tertiary/aromatic N) is 3. The molecule has 5 rings (SSSR count). The second-order valence-electron chi connectivity index (χ2n) is 11.9. The molecule has 0 amide bonds. The van der Waals surface area contributed by atoms with Gasteiger partial charge in [0, 0.05) is 45.5 Å². The largest absolute Gasteiger partial charge is 0.450 e. The Morgan fingerprint density at radius 2 is 1.84 bits per heavy atom. The van der Waals surface area contributed by atoms with Crippen LogP contribution in [0.15, 0.2) is 52.2 Å². The third-order valence-electron chi connectivity index (χ3n) is 10.1. The zero-order valence-corrected chi connectivity index (χ0v) is 23.1. The van der Waals surface area contributed by atoms with Crippen LogP contribution in [0.5, 0.6) is 0 Å². The van der Waals surface area contributed by atoms with E-state index in [9.17, 15) is 14.8 Å². The van der Waals surface area contributed by atoms with Crippen LogP contribution in [0.4, 0.5) is 5.69 Å². The number of carbonyl (C=O) groups excluding carboxylic acids is 2. The Balaban J connectivity index is 1.76. The summed E-state index contributed by atoms with van der Waals surface area (Å²) in [7, 11) is 4.04. The fourth-order valence-corrected chi connectivity index (χ4v) is 8.35. The lowest BCUT2D eigenvalue weighted by Crippen LogP contribution is -2.63. The summed E-state index contributed by atoms with van der Waals surface area (Å²) in [6.45, 7) is 11.3. The van der Waals surface area contributed by atoms with Crippen molar-refractivity contribution in [1.82, 2.24) is 0 Å². The van der Waals surface area contributed by atoms with Crippen LogP contribution >= 0.6 is 0 Å². The van der Waals surface area contributed by atoms with Gasteiger partial charge in [-0.3, -0.25) is 9.59 Å². The zero-order valence-electron chi connectivity index (χ0n) is 23.1. The summed E-state index contributed by atoms with van der Waals surface area (Å²) < 4.78 is 6.03. The highest BCUT2D eigenvalue weighted by Crippen LogP contribution is 2.71. The third-order valence-corrected chi connectivity index (χ3v) is 10.1. The van der Waals surface area contributed by atoms with Gasteiger partial charge in [0.25, 0.3) is 12.1 Å². The fourth-order valence-electron chi connectivity index (χ4n) is 8.35. The van der Waals surface area contributed by atoms with Crippen molar-refractivity contribution in [3.63, 3.8) is 0 Å². The molecule has 1 aromatic rings. The Kier molecular flexibility index (Phi) is 6.29. The number of Topliss-reactive ketones (excluding diaryl/α,β-unsaturated/α-hetero) is 1. The summed E-state index contributed by atoms with van der Waals surface area (Å²) in [4.78, 5) is 32.6. The van der Waals surface area contributed by atoms with Crippen LogP contribution in [-0.2, 0) is 14.3 Å². The molecule has 5 atom stereocenters. The second-order valence-corrected chi connectivity index (χ2v) is 11.9. The number of hydrogen-bond acceptors (Lipinski definition) is 6. The Hall–Kier alpha value is -3.40. The smallest absolute Gasteiger partial charge is 0.303 e. The van der Waals surface area contributed by atoms with Gasteiger partial charge in [-0.15, -0.1) is 0 Å². The van der Waals surface area contributed by atoms with E-state index in [2.05, 4.69) is 46.1 Å². The van der Waals surface area contributed by atoms with E-state index in [0.717, 1.165) is 24.9 Å². The maximum absolute atomic E-state index is 13.4. The molecule has 4 aliphatic rings. The van der Waals surface area contributed by atoms with E-state index in [4.69, 9.17) is 11.3 Å². The molecule has 0 heterocycles. The van der Waals surface area contributed by atoms with E-state index < -0.39 is 22.5 Å². The van der Waals surface area contributed by atoms with E-state index in [0.29, 0.717) is 31.4 Å². The predicted octanol–water partition coefficient (Wildman–Crippen LogP) is 5.89. The zero-order chi connectivity index (χ0) is 27.5. The van der Waals surface area contributed by atoms with Crippen molar-refractivity contribution in [3.05, 3.63) is 57.5 Å². The van der Waals surface area contributed by atoms with Gasteiger partial charge in [0.2, 0.25) is 0 Å². The number of ketones is 1. The van der Waals surface area contributed by atoms with Gasteiger partial charge in [-0.25, -0.2) is 0 Å². The molecule has 1 aromatic carbocycles. The van der Waals surface area contributed by atoms with Crippen molar-refractivity contribution < 1.29 is 19.5 Å². The summed E-state index contributed by atoms with van der Waals surface area (Å²) >= 11 is 0. The number of fused-ring (bicyclic) bond motifs is 4. The molecule has 2 saturated carbocycles. The Morgan fingerprint density at radius 1 is 1.13 bits per heavy atom. The highest BCUT2D eigenvalue weighted by Gasteiger charge is 2.81. The van der Waals surface area contributed by atoms with Crippen molar-refractivity contribution >= 4 is 23.2 Å². The monoisotopic (exact) mass is 516 g/mol. The average molecular weight is 517 g/mol. The first-order valence-corrected chi connectivity index (χ1v) is 13.6. The lowest BCUT2D eigenvalue weighted by atomic mass is 9.47. The standard InChI is InChI=1S/C31H37N3O4/c1-19(35)31(38-20(2)36)16-15-30(32-4)27-14-9-22-17-23(33-37)10-13-25(22)28(27)26(18-29(30,31)3)21-7-11-24(12-8-21)34(5)6/h4,7-8,11-12,17,26-27H,9-10,13-16,18H2,1-3,5-6H3/p+1/b33-23-/t26-,27-,29+,30-,31+/m1/s1. The lowest BCUT2D eigenvalue weighted by molar-refractivity contribution is -0.182. The van der Waals surface area contributed by atoms with E-state index >= 15 is 0 Å². The van der Waals surface area contributed by atoms with Crippen LogP contribution in [0.2, 0.25) is 0 Å². The van der Waals surface area contributed by atoms with Gasteiger partial charge >= 0.3 is 5.97 Å². The number of oxime groups is 1. The molecular formula is C31H38N3O4+. The first-order chi connectivity index (χ1) is 18.0. The van der Waals surface area contributed by atoms with Gasteiger partial charge in [-0.2, -0.15) is 0 Å². The van der Waals surface area contributed by atoms with Crippen LogP contribution < -0.4 is 4.90 Å². The summed E-state index contributed by atoms with van der Waals surface area (Å²) in [5.41, 5.74) is 4.08. The topological polar surface area (TPSA) is 83.6 Å². The molecule has 2 fully saturated rings. The molecule has 0 bridgehead atoms. The van der Waals surface area contributed by atoms with Crippen LogP contribution in [0.3, 0.4) is 0 Å². The van der Waals surface area contributed by atoms with Gasteiger partial charge < -0.3 is 14.8 Å². The molecule has 0 saturated heterocycles. The number of ether oxygens (including phenoxy) is 1. The molecule has 0 aliphatic heterocycles. The molecular weight excluding hydrogens is 478 g/mol. The molecule has 7 nitrogen and oxygen atoms in total. The van der Waals surface area contributed by atoms with Crippen molar-refractivity contribution in [2.45, 2.75) is 82.8 Å². The number of rotatable bonds is 4. The fraction of sp³-hybridized carbons (Fsp3) is 0.548. The van der Waals surface area contributed by atoms with E-state index in [1.807, 2.05) is 20.2 Å². The van der Waals surface area contributed by atoms with E-state index in [-0.39, 0.29) is 17.6 Å². The van der Waals surface area contributed by atoms with Crippen LogP contribution in [0.25, 0.3) is 4.85 Å². The van der Waals surface area contributed by atoms with Gasteiger partial charge in [-0.05, 0) is 86.4 Å². The number of anilines is 1. The minimum absolute atomic E-state index is 0.00906. The summed E-state index contributed by atoms with van der Waals surface area (Å²) in [6, 6.07) is 8.61. The predicted molar refractivity (Wildman–Crippen MR) is 148 cm³/mol. The molecule has 0 spiro atoms. The molecule has 4 aliphatic carbocycles. The maximum atomic E-state index is 13.4. The Morgan fingerprint density at radius 3 is 2.42 bits per heavy atom. The summed E-state index contributed by atoms with van der Waals surface area (Å²) in [5.74, 6) is -0.574. The first-order valence-electron chi connectivity index (χ1n) is 13.6. The van der Waals surface area contributed by atoms with Crippen LogP contribution in [-0.4, -0.2) is 47.9 Å². The SMILES string of the molecule is C#[N+][C@@]12CC[C@](OC(C)=O)(C(C)=O)[C@@]1(C)C[C@H](c1ccc(N(C)C)cc1)C1=C3CC/C(=N/O)C=C3CC[C@H]12. The molecule has 1 N–H and O–H groups in total. The second kappa shape index (κ2) is 9.11. The molecule has 0 radical (unpaired) electrons. The summed E-state index contributed by atoms with van der Waals surface area (Å²) in [5, 5.41) is 12.9. The van der Waals surface area contributed by atoms with Crippen molar-refractivity contribution in [2.24, 2.45) is 16.5 Å².